The molecule has 3 heteroatoms. The molecule has 0 spiro atoms. The Kier molecular flexibility index (Phi) is 2.61. The number of hydrogen-bond acceptors (Lipinski definition) is 3. The molecule has 0 aliphatic heterocycles. The van der Waals surface area contributed by atoms with Gasteiger partial charge in [-0.1, -0.05) is 0 Å². The monoisotopic (exact) mass is 195 g/mol. The number of nitrogens with one attached hydrogen (secondary N) is 1. The minimum absolute atomic E-state index is 0.173. The van der Waals surface area contributed by atoms with Gasteiger partial charge >= 0.3 is 0 Å². The number of hydrogen-bond donors (Lipinski definition) is 2. The lowest BCUT2D eigenvalue weighted by Crippen LogP contribution is -2.48. The average molecular weight is 195 g/mol. The van der Waals surface area contributed by atoms with Crippen LogP contribution in [0.4, 0.5) is 0 Å². The second-order valence-corrected chi connectivity index (χ2v) is 4.11. The van der Waals surface area contributed by atoms with Crippen molar-refractivity contribution in [2.45, 2.75) is 44.9 Å². The molecule has 14 heavy (non-hydrogen) atoms. The third kappa shape index (κ3) is 1.70. The van der Waals surface area contributed by atoms with Gasteiger partial charge in [0.15, 0.2) is 0 Å². The van der Waals surface area contributed by atoms with Gasteiger partial charge in [-0.3, -0.25) is 0 Å². The average Bonchev–Trinajstić information content (AvgIpc) is 2.58. The zero-order valence-electron chi connectivity index (χ0n) is 8.66. The van der Waals surface area contributed by atoms with E-state index in [2.05, 4.69) is 12.2 Å². The highest BCUT2D eigenvalue weighted by Crippen LogP contribution is 2.25. The number of rotatable bonds is 3. The maximum atomic E-state index is 9.43. The van der Waals surface area contributed by atoms with Crippen LogP contribution in [0.25, 0.3) is 0 Å². The number of furan rings is 1. The summed E-state index contributed by atoms with van der Waals surface area (Å²) in [6.07, 6.45) is 3.51. The predicted octanol–water partition coefficient (Wildman–Crippen LogP) is 1.76. The van der Waals surface area contributed by atoms with Crippen molar-refractivity contribution in [3.63, 3.8) is 0 Å². The van der Waals surface area contributed by atoms with Gasteiger partial charge in [0.25, 0.3) is 0 Å². The van der Waals surface area contributed by atoms with Crippen molar-refractivity contribution in [3.05, 3.63) is 23.7 Å². The summed E-state index contributed by atoms with van der Waals surface area (Å²) in [6, 6.07) is 2.39. The summed E-state index contributed by atoms with van der Waals surface area (Å²) < 4.78 is 5.39. The Morgan fingerprint density at radius 3 is 2.79 bits per heavy atom. The van der Waals surface area contributed by atoms with E-state index in [1.807, 2.05) is 13.0 Å². The van der Waals surface area contributed by atoms with Crippen LogP contribution in [0.3, 0.4) is 0 Å². The molecular formula is C11H17NO2. The Balaban J connectivity index is 1.95. The van der Waals surface area contributed by atoms with Gasteiger partial charge in [-0.2, -0.15) is 0 Å². The molecule has 78 valence electrons. The fraction of sp³-hybridized carbons (Fsp3) is 0.636. The van der Waals surface area contributed by atoms with Crippen LogP contribution in [0.2, 0.25) is 0 Å². The van der Waals surface area contributed by atoms with E-state index < -0.39 is 0 Å². The van der Waals surface area contributed by atoms with E-state index in [9.17, 15) is 5.11 Å². The molecule has 1 saturated carbocycles. The Morgan fingerprint density at radius 2 is 2.36 bits per heavy atom. The highest BCUT2D eigenvalue weighted by atomic mass is 16.3. The lowest BCUT2D eigenvalue weighted by Gasteiger charge is -2.35. The fourth-order valence-electron chi connectivity index (χ4n) is 1.90. The molecule has 1 unspecified atom stereocenters. The van der Waals surface area contributed by atoms with Gasteiger partial charge < -0.3 is 14.8 Å². The zero-order chi connectivity index (χ0) is 10.1. The van der Waals surface area contributed by atoms with Gasteiger partial charge in [0.2, 0.25) is 0 Å². The van der Waals surface area contributed by atoms with E-state index in [4.69, 9.17) is 4.42 Å². The number of aryl methyl sites for hydroxylation is 1. The molecule has 2 rings (SSSR count). The zero-order valence-corrected chi connectivity index (χ0v) is 8.66. The summed E-state index contributed by atoms with van der Waals surface area (Å²) in [5, 5.41) is 12.8. The van der Waals surface area contributed by atoms with E-state index in [0.717, 1.165) is 18.6 Å². The quantitative estimate of drug-likeness (QED) is 0.772. The Morgan fingerprint density at radius 1 is 1.57 bits per heavy atom. The standard InChI is InChI=1S/C11H17NO2/c1-7-5-6-14-11(7)8(2)12-9-3-4-10(9)13/h5-6,8-10,12-13H,3-4H2,1-2H3/t8?,9-,10-/m1/s1. The molecule has 1 fully saturated rings. The van der Waals surface area contributed by atoms with Crippen LogP contribution in [-0.2, 0) is 0 Å². The van der Waals surface area contributed by atoms with Crippen LogP contribution in [0.5, 0.6) is 0 Å². The molecule has 0 amide bonds. The predicted molar refractivity (Wildman–Crippen MR) is 54.0 cm³/mol. The number of aliphatic hydroxyl groups is 1. The third-order valence-corrected chi connectivity index (χ3v) is 3.00. The minimum atomic E-state index is -0.173. The first kappa shape index (κ1) is 9.74. The lowest BCUT2D eigenvalue weighted by atomic mass is 9.88. The summed E-state index contributed by atoms with van der Waals surface area (Å²) in [5.74, 6) is 0.976. The summed E-state index contributed by atoms with van der Waals surface area (Å²) in [5.41, 5.74) is 1.17. The van der Waals surface area contributed by atoms with Crippen molar-refractivity contribution in [1.29, 1.82) is 0 Å². The van der Waals surface area contributed by atoms with Crippen LogP contribution < -0.4 is 5.32 Å². The van der Waals surface area contributed by atoms with Gasteiger partial charge in [0.1, 0.15) is 5.76 Å². The van der Waals surface area contributed by atoms with Crippen molar-refractivity contribution in [2.24, 2.45) is 0 Å². The van der Waals surface area contributed by atoms with Gasteiger partial charge in [-0.05, 0) is 38.3 Å². The van der Waals surface area contributed by atoms with Crippen molar-refractivity contribution in [3.8, 4) is 0 Å². The van der Waals surface area contributed by atoms with Crippen molar-refractivity contribution < 1.29 is 9.52 Å². The third-order valence-electron chi connectivity index (χ3n) is 3.00. The molecule has 1 heterocycles. The van der Waals surface area contributed by atoms with Crippen molar-refractivity contribution >= 4 is 0 Å². The molecule has 1 aromatic heterocycles. The van der Waals surface area contributed by atoms with Gasteiger partial charge in [-0.25, -0.2) is 0 Å². The molecule has 2 N–H and O–H groups in total. The maximum absolute atomic E-state index is 9.43. The van der Waals surface area contributed by atoms with Crippen LogP contribution in [0.1, 0.15) is 37.1 Å². The van der Waals surface area contributed by atoms with Crippen molar-refractivity contribution in [2.75, 3.05) is 0 Å². The number of aliphatic hydroxyl groups excluding tert-OH is 1. The topological polar surface area (TPSA) is 45.4 Å². The first-order chi connectivity index (χ1) is 6.68. The second-order valence-electron chi connectivity index (χ2n) is 4.11. The van der Waals surface area contributed by atoms with Gasteiger partial charge in [-0.15, -0.1) is 0 Å². The maximum Gasteiger partial charge on any atom is 0.123 e. The lowest BCUT2D eigenvalue weighted by molar-refractivity contribution is 0.0436. The highest BCUT2D eigenvalue weighted by Gasteiger charge is 2.30. The van der Waals surface area contributed by atoms with Crippen LogP contribution in [0.15, 0.2) is 16.7 Å². The Hall–Kier alpha value is -0.800. The first-order valence-corrected chi connectivity index (χ1v) is 5.16. The molecule has 1 aromatic rings. The van der Waals surface area contributed by atoms with Crippen LogP contribution in [0, 0.1) is 6.92 Å². The van der Waals surface area contributed by atoms with E-state index >= 15 is 0 Å². The van der Waals surface area contributed by atoms with Crippen LogP contribution >= 0.6 is 0 Å². The highest BCUT2D eigenvalue weighted by molar-refractivity contribution is 5.17. The van der Waals surface area contributed by atoms with E-state index in [1.54, 1.807) is 6.26 Å². The summed E-state index contributed by atoms with van der Waals surface area (Å²) in [7, 11) is 0. The molecule has 1 aliphatic carbocycles. The summed E-state index contributed by atoms with van der Waals surface area (Å²) >= 11 is 0. The fourth-order valence-corrected chi connectivity index (χ4v) is 1.90. The molecule has 0 bridgehead atoms. The van der Waals surface area contributed by atoms with Crippen LogP contribution in [-0.4, -0.2) is 17.3 Å². The summed E-state index contributed by atoms with van der Waals surface area (Å²) in [4.78, 5) is 0. The minimum Gasteiger partial charge on any atom is -0.467 e. The van der Waals surface area contributed by atoms with E-state index in [-0.39, 0.29) is 18.2 Å². The Bertz CT molecular complexity index is 308. The van der Waals surface area contributed by atoms with E-state index in [1.165, 1.54) is 5.56 Å². The Labute approximate surface area is 84.1 Å². The molecule has 1 aliphatic rings. The normalized spacial score (nSPS) is 28.5. The SMILES string of the molecule is Cc1ccoc1C(C)N[C@@H]1CC[C@H]1O. The molecule has 0 aromatic carbocycles. The van der Waals surface area contributed by atoms with Gasteiger partial charge in [0.05, 0.1) is 18.4 Å². The second kappa shape index (κ2) is 3.75. The van der Waals surface area contributed by atoms with E-state index in [0.29, 0.717) is 0 Å². The molecule has 0 radical (unpaired) electrons. The largest absolute Gasteiger partial charge is 0.467 e. The smallest absolute Gasteiger partial charge is 0.123 e. The van der Waals surface area contributed by atoms with Crippen molar-refractivity contribution in [1.82, 2.24) is 5.32 Å². The molecule has 3 nitrogen and oxygen atoms in total. The molecular weight excluding hydrogens is 178 g/mol. The van der Waals surface area contributed by atoms with Gasteiger partial charge in [0, 0.05) is 6.04 Å². The first-order valence-electron chi connectivity index (χ1n) is 5.16. The molecule has 0 saturated heterocycles. The summed E-state index contributed by atoms with van der Waals surface area (Å²) in [6.45, 7) is 4.10. The molecule has 3 atom stereocenters.